The summed E-state index contributed by atoms with van der Waals surface area (Å²) in [4.78, 5) is 0. The van der Waals surface area contributed by atoms with Gasteiger partial charge in [-0.15, -0.1) is 0 Å². The molecule has 0 aliphatic heterocycles. The first kappa shape index (κ1) is 33.4. The molecule has 2 nitrogen and oxygen atoms in total. The largest absolute Gasteiger partial charge is 0.508 e. The van der Waals surface area contributed by atoms with Gasteiger partial charge in [0.25, 0.3) is 0 Å². The van der Waals surface area contributed by atoms with Gasteiger partial charge in [0.1, 0.15) is 11.5 Å². The maximum absolute atomic E-state index is 10.4. The molecule has 0 heterocycles. The standard InChI is InChI=1S/C45H56O2/c1-29-9-11-37(25-31(29)3)44(39-13-15-41(46)33(5)27-39)21-17-35(18-22-44)43(7,8)36-19-23-45(24-20-36,38-12-10-30(2)32(4)26-38)40-14-16-42(47)34(6)28-40/h9-16,25-28,35-36,46-47H,17-24H2,1-8H3. The van der Waals surface area contributed by atoms with Crippen LogP contribution in [-0.2, 0) is 10.8 Å². The summed E-state index contributed by atoms with van der Waals surface area (Å²) < 4.78 is 0. The van der Waals surface area contributed by atoms with Gasteiger partial charge in [0.05, 0.1) is 0 Å². The van der Waals surface area contributed by atoms with E-state index in [1.807, 2.05) is 26.0 Å². The highest BCUT2D eigenvalue weighted by atomic mass is 16.3. The van der Waals surface area contributed by atoms with E-state index in [9.17, 15) is 10.2 Å². The van der Waals surface area contributed by atoms with E-state index < -0.39 is 0 Å². The van der Waals surface area contributed by atoms with Crippen molar-refractivity contribution in [3.05, 3.63) is 128 Å². The first-order chi connectivity index (χ1) is 22.3. The molecule has 6 rings (SSSR count). The number of hydrogen-bond donors (Lipinski definition) is 2. The Hall–Kier alpha value is -3.52. The number of aromatic hydroxyl groups is 2. The fourth-order valence-corrected chi connectivity index (χ4v) is 9.52. The van der Waals surface area contributed by atoms with Gasteiger partial charge in [0, 0.05) is 10.8 Å². The molecule has 0 radical (unpaired) electrons. The van der Waals surface area contributed by atoms with Crippen molar-refractivity contribution in [3.63, 3.8) is 0 Å². The molecule has 0 aromatic heterocycles. The third-order valence-corrected chi connectivity index (χ3v) is 13.4. The maximum atomic E-state index is 10.4. The molecule has 2 N–H and O–H groups in total. The van der Waals surface area contributed by atoms with Crippen LogP contribution in [0.3, 0.4) is 0 Å². The van der Waals surface area contributed by atoms with E-state index in [0.29, 0.717) is 23.3 Å². The Morgan fingerprint density at radius 2 is 0.745 bits per heavy atom. The van der Waals surface area contributed by atoms with Crippen molar-refractivity contribution >= 4 is 0 Å². The van der Waals surface area contributed by atoms with E-state index in [-0.39, 0.29) is 16.2 Å². The lowest BCUT2D eigenvalue weighted by Crippen LogP contribution is -2.43. The molecular formula is C45H56O2. The van der Waals surface area contributed by atoms with E-state index in [1.165, 1.54) is 70.2 Å². The molecule has 0 spiro atoms. The van der Waals surface area contributed by atoms with Crippen LogP contribution in [0, 0.1) is 58.8 Å². The van der Waals surface area contributed by atoms with Gasteiger partial charge >= 0.3 is 0 Å². The first-order valence-corrected chi connectivity index (χ1v) is 18.0. The van der Waals surface area contributed by atoms with Crippen molar-refractivity contribution in [2.45, 2.75) is 118 Å². The zero-order valence-corrected chi connectivity index (χ0v) is 30.1. The Morgan fingerprint density at radius 1 is 0.447 bits per heavy atom. The highest BCUT2D eigenvalue weighted by Crippen LogP contribution is 2.57. The van der Waals surface area contributed by atoms with Crippen LogP contribution in [0.2, 0.25) is 0 Å². The van der Waals surface area contributed by atoms with Gasteiger partial charge in [-0.2, -0.15) is 0 Å². The van der Waals surface area contributed by atoms with Gasteiger partial charge in [0.2, 0.25) is 0 Å². The van der Waals surface area contributed by atoms with Crippen molar-refractivity contribution in [2.24, 2.45) is 17.3 Å². The smallest absolute Gasteiger partial charge is 0.118 e. The zero-order valence-electron chi connectivity index (χ0n) is 30.1. The Labute approximate surface area is 284 Å². The maximum Gasteiger partial charge on any atom is 0.118 e. The molecule has 2 aliphatic carbocycles. The highest BCUT2D eigenvalue weighted by molar-refractivity contribution is 5.48. The quantitative estimate of drug-likeness (QED) is 0.223. The molecule has 4 aromatic carbocycles. The van der Waals surface area contributed by atoms with Crippen molar-refractivity contribution in [2.75, 3.05) is 0 Å². The SMILES string of the molecule is Cc1ccc(C2(c3ccc(O)c(C)c3)CCC(C(C)(C)C3CCC(c4ccc(C)c(C)c4)(c4ccc(O)c(C)c4)CC3)CC2)cc1C. The van der Waals surface area contributed by atoms with Crippen molar-refractivity contribution in [3.8, 4) is 11.5 Å². The zero-order chi connectivity index (χ0) is 33.7. The average Bonchev–Trinajstić information content (AvgIpc) is 3.06. The lowest BCUT2D eigenvalue weighted by molar-refractivity contribution is 0.0364. The Balaban J connectivity index is 1.26. The Morgan fingerprint density at radius 3 is 1.04 bits per heavy atom. The van der Waals surface area contributed by atoms with Crippen LogP contribution >= 0.6 is 0 Å². The second-order valence-corrected chi connectivity index (χ2v) is 16.1. The summed E-state index contributed by atoms with van der Waals surface area (Å²) in [5, 5.41) is 20.8. The van der Waals surface area contributed by atoms with Gasteiger partial charge in [-0.3, -0.25) is 0 Å². The molecule has 248 valence electrons. The lowest BCUT2D eigenvalue weighted by Gasteiger charge is -2.52. The topological polar surface area (TPSA) is 40.5 Å². The lowest BCUT2D eigenvalue weighted by atomic mass is 9.53. The molecule has 0 unspecified atom stereocenters. The number of rotatable bonds is 6. The fraction of sp³-hybridized carbons (Fsp3) is 0.467. The summed E-state index contributed by atoms with van der Waals surface area (Å²) in [7, 11) is 0. The summed E-state index contributed by atoms with van der Waals surface area (Å²) in [6.45, 7) is 18.1. The number of benzene rings is 4. The van der Waals surface area contributed by atoms with Crippen LogP contribution in [0.15, 0.2) is 72.8 Å². The summed E-state index contributed by atoms with van der Waals surface area (Å²) in [5.74, 6) is 2.12. The minimum Gasteiger partial charge on any atom is -0.508 e. The molecular weight excluding hydrogens is 572 g/mol. The van der Waals surface area contributed by atoms with Crippen LogP contribution in [0.1, 0.15) is 121 Å². The second kappa shape index (κ2) is 12.5. The van der Waals surface area contributed by atoms with Crippen LogP contribution < -0.4 is 0 Å². The Kier molecular flexibility index (Phi) is 8.88. The van der Waals surface area contributed by atoms with Crippen LogP contribution in [0.25, 0.3) is 0 Å². The van der Waals surface area contributed by atoms with E-state index >= 15 is 0 Å². The van der Waals surface area contributed by atoms with E-state index in [4.69, 9.17) is 0 Å². The van der Waals surface area contributed by atoms with Gasteiger partial charge in [-0.25, -0.2) is 0 Å². The minimum absolute atomic E-state index is 0.0226. The monoisotopic (exact) mass is 628 g/mol. The van der Waals surface area contributed by atoms with Crippen LogP contribution in [0.5, 0.6) is 11.5 Å². The number of phenols is 2. The summed E-state index contributed by atoms with van der Waals surface area (Å²) in [5.41, 5.74) is 13.1. The van der Waals surface area contributed by atoms with Crippen molar-refractivity contribution in [1.29, 1.82) is 0 Å². The van der Waals surface area contributed by atoms with E-state index in [1.54, 1.807) is 0 Å². The van der Waals surface area contributed by atoms with Gasteiger partial charge in [-0.1, -0.05) is 74.5 Å². The van der Waals surface area contributed by atoms with E-state index in [2.05, 4.69) is 102 Å². The molecule has 0 amide bonds. The molecule has 0 atom stereocenters. The molecule has 0 saturated heterocycles. The molecule has 0 bridgehead atoms. The van der Waals surface area contributed by atoms with Gasteiger partial charge < -0.3 is 10.2 Å². The Bertz CT molecular complexity index is 1520. The van der Waals surface area contributed by atoms with Gasteiger partial charge in [-0.05, 0) is 178 Å². The number of phenolic OH excluding ortho intramolecular Hbond substituents is 2. The highest BCUT2D eigenvalue weighted by Gasteiger charge is 2.48. The molecule has 2 heteroatoms. The number of aryl methyl sites for hydroxylation is 6. The molecule has 2 saturated carbocycles. The molecule has 2 aliphatic rings. The van der Waals surface area contributed by atoms with Crippen molar-refractivity contribution < 1.29 is 10.2 Å². The van der Waals surface area contributed by atoms with Crippen LogP contribution in [-0.4, -0.2) is 10.2 Å². The predicted octanol–water partition coefficient (Wildman–Crippen LogP) is 11.6. The van der Waals surface area contributed by atoms with Crippen LogP contribution in [0.4, 0.5) is 0 Å². The van der Waals surface area contributed by atoms with E-state index in [0.717, 1.165) is 36.8 Å². The summed E-state index contributed by atoms with van der Waals surface area (Å²) >= 11 is 0. The van der Waals surface area contributed by atoms with Gasteiger partial charge in [0.15, 0.2) is 0 Å². The normalized spacial score (nSPS) is 25.1. The number of hydrogen-bond acceptors (Lipinski definition) is 2. The average molecular weight is 629 g/mol. The molecule has 2 fully saturated rings. The third kappa shape index (κ3) is 5.92. The minimum atomic E-state index is -0.0226. The molecule has 47 heavy (non-hydrogen) atoms. The molecule has 4 aromatic rings. The third-order valence-electron chi connectivity index (χ3n) is 13.4. The second-order valence-electron chi connectivity index (χ2n) is 16.1. The summed E-state index contributed by atoms with van der Waals surface area (Å²) in [6, 6.07) is 26.9. The predicted molar refractivity (Wildman–Crippen MR) is 197 cm³/mol. The first-order valence-electron chi connectivity index (χ1n) is 18.0. The van der Waals surface area contributed by atoms with Crippen molar-refractivity contribution in [1.82, 2.24) is 0 Å². The summed E-state index contributed by atoms with van der Waals surface area (Å²) in [6.07, 6.45) is 9.43. The fourth-order valence-electron chi connectivity index (χ4n) is 9.52.